The van der Waals surface area contributed by atoms with Crippen LogP contribution in [0.5, 0.6) is 23.0 Å². The van der Waals surface area contributed by atoms with Crippen molar-refractivity contribution in [2.75, 3.05) is 14.2 Å². The molecule has 0 fully saturated rings. The molecule has 1 heterocycles. The second-order valence-corrected chi connectivity index (χ2v) is 8.24. The first-order valence-corrected chi connectivity index (χ1v) is 11.2. The first-order valence-electron chi connectivity index (χ1n) is 11.2. The van der Waals surface area contributed by atoms with Crippen LogP contribution in [0.2, 0.25) is 0 Å². The van der Waals surface area contributed by atoms with E-state index in [4.69, 9.17) is 14.2 Å². The van der Waals surface area contributed by atoms with Crippen molar-refractivity contribution in [1.82, 2.24) is 4.98 Å². The lowest BCUT2D eigenvalue weighted by Gasteiger charge is -2.13. The van der Waals surface area contributed by atoms with Crippen LogP contribution in [0, 0.1) is 17.5 Å². The summed E-state index contributed by atoms with van der Waals surface area (Å²) in [6.45, 7) is 0. The Morgan fingerprint density at radius 3 is 2.19 bits per heavy atom. The third kappa shape index (κ3) is 6.06. The zero-order chi connectivity index (χ0) is 26.5. The number of fused-ring (bicyclic) bond motifs is 1. The van der Waals surface area contributed by atoms with E-state index < -0.39 is 35.4 Å². The summed E-state index contributed by atoms with van der Waals surface area (Å²) >= 11 is 0. The Hall–Kier alpha value is -4.40. The van der Waals surface area contributed by atoms with Crippen molar-refractivity contribution in [3.63, 3.8) is 0 Å². The number of nitrogens with zero attached hydrogens (tertiary/aromatic N) is 1. The van der Waals surface area contributed by atoms with E-state index in [2.05, 4.69) is 4.98 Å². The van der Waals surface area contributed by atoms with E-state index in [9.17, 15) is 22.8 Å². The van der Waals surface area contributed by atoms with Crippen LogP contribution in [0.1, 0.15) is 17.5 Å². The number of aromatic nitrogens is 1. The van der Waals surface area contributed by atoms with E-state index in [1.165, 1.54) is 38.6 Å². The quantitative estimate of drug-likeness (QED) is 0.253. The Labute approximate surface area is 210 Å². The molecule has 0 saturated carbocycles. The van der Waals surface area contributed by atoms with Crippen molar-refractivity contribution in [3.05, 3.63) is 89.4 Å². The predicted octanol–water partition coefficient (Wildman–Crippen LogP) is 5.78. The van der Waals surface area contributed by atoms with Gasteiger partial charge in [0.25, 0.3) is 0 Å². The molecule has 3 aromatic carbocycles. The fraction of sp³-hybridized carbons (Fsp3) is 0.179. The predicted molar refractivity (Wildman–Crippen MR) is 130 cm³/mol. The lowest BCUT2D eigenvalue weighted by atomic mass is 10.0. The van der Waals surface area contributed by atoms with Crippen LogP contribution in [-0.4, -0.2) is 30.8 Å². The van der Waals surface area contributed by atoms with Crippen LogP contribution in [0.15, 0.2) is 60.8 Å². The highest BCUT2D eigenvalue weighted by Crippen LogP contribution is 2.37. The van der Waals surface area contributed by atoms with E-state index in [0.717, 1.165) is 12.1 Å². The number of rotatable bonds is 10. The summed E-state index contributed by atoms with van der Waals surface area (Å²) in [7, 11) is 3.00. The Kier molecular flexibility index (Phi) is 7.71. The van der Waals surface area contributed by atoms with Crippen molar-refractivity contribution in [3.8, 4) is 23.0 Å². The summed E-state index contributed by atoms with van der Waals surface area (Å²) in [5.74, 6) is -2.06. The molecule has 0 aliphatic carbocycles. The van der Waals surface area contributed by atoms with Crippen molar-refractivity contribution >= 4 is 22.5 Å². The minimum absolute atomic E-state index is 0.00597. The molecule has 0 unspecified atom stereocenters. The number of pyridine rings is 1. The summed E-state index contributed by atoms with van der Waals surface area (Å²) in [6.07, 6.45) is 0.536. The molecule has 190 valence electrons. The van der Waals surface area contributed by atoms with Crippen LogP contribution in [-0.2, 0) is 22.4 Å². The average molecular weight is 509 g/mol. The molecule has 0 amide bonds. The van der Waals surface area contributed by atoms with Crippen LogP contribution < -0.4 is 14.2 Å². The maximum atomic E-state index is 14.8. The van der Waals surface area contributed by atoms with Crippen molar-refractivity contribution in [1.29, 1.82) is 0 Å². The molecule has 0 aliphatic rings. The Bertz CT molecular complexity index is 1490. The van der Waals surface area contributed by atoms with Gasteiger partial charge in [-0.1, -0.05) is 12.1 Å². The number of carbonyl (C=O) groups is 2. The SMILES string of the molecule is COc1cc2nccc(Oc3ccc(CC(=O)CC(=O)Cc4ccc(F)cc4F)cc3F)c2cc1OC. The normalized spacial score (nSPS) is 10.8. The number of methoxy groups -OCH3 is 2. The molecule has 9 heteroatoms. The molecule has 37 heavy (non-hydrogen) atoms. The lowest BCUT2D eigenvalue weighted by molar-refractivity contribution is -0.126. The Morgan fingerprint density at radius 2 is 1.49 bits per heavy atom. The van der Waals surface area contributed by atoms with Crippen molar-refractivity contribution < 1.29 is 37.0 Å². The monoisotopic (exact) mass is 509 g/mol. The average Bonchev–Trinajstić information content (AvgIpc) is 2.86. The highest BCUT2D eigenvalue weighted by atomic mass is 19.1. The highest BCUT2D eigenvalue weighted by molar-refractivity contribution is 6.00. The lowest BCUT2D eigenvalue weighted by Crippen LogP contribution is -2.13. The molecule has 0 saturated heterocycles. The standard InChI is InChI=1S/C28H22F3NO5/c1-35-27-14-21-24(15-28(27)36-2)32-8-7-25(21)37-26-6-3-16(10-23(26)31)9-19(33)13-20(34)11-17-4-5-18(29)12-22(17)30/h3-8,10,12,14-15H,9,11,13H2,1-2H3. The van der Waals surface area contributed by atoms with Gasteiger partial charge < -0.3 is 14.2 Å². The zero-order valence-corrected chi connectivity index (χ0v) is 20.0. The Morgan fingerprint density at radius 1 is 0.757 bits per heavy atom. The van der Waals surface area contributed by atoms with Gasteiger partial charge in [-0.2, -0.15) is 0 Å². The van der Waals surface area contributed by atoms with E-state index >= 15 is 0 Å². The molecule has 0 N–H and O–H groups in total. The van der Waals surface area contributed by atoms with Crippen molar-refractivity contribution in [2.24, 2.45) is 0 Å². The van der Waals surface area contributed by atoms with Gasteiger partial charge in [-0.3, -0.25) is 14.6 Å². The maximum absolute atomic E-state index is 14.8. The van der Waals surface area contributed by atoms with Gasteiger partial charge in [0, 0.05) is 36.6 Å². The topological polar surface area (TPSA) is 74.7 Å². The minimum atomic E-state index is -0.849. The van der Waals surface area contributed by atoms with Crippen LogP contribution in [0.4, 0.5) is 13.2 Å². The minimum Gasteiger partial charge on any atom is -0.493 e. The van der Waals surface area contributed by atoms with Gasteiger partial charge in [0.2, 0.25) is 0 Å². The number of hydrogen-bond acceptors (Lipinski definition) is 6. The number of Topliss-reactive ketones (excluding diaryl/α,β-unsaturated/α-hetero) is 2. The van der Waals surface area contributed by atoms with Crippen LogP contribution >= 0.6 is 0 Å². The van der Waals surface area contributed by atoms with E-state index in [-0.39, 0.29) is 24.2 Å². The van der Waals surface area contributed by atoms with Gasteiger partial charge in [0.1, 0.15) is 29.0 Å². The van der Waals surface area contributed by atoms with Crippen LogP contribution in [0.3, 0.4) is 0 Å². The molecule has 1 aromatic heterocycles. The third-order valence-corrected chi connectivity index (χ3v) is 5.62. The first-order chi connectivity index (χ1) is 17.8. The fourth-order valence-electron chi connectivity index (χ4n) is 3.84. The smallest absolute Gasteiger partial charge is 0.166 e. The van der Waals surface area contributed by atoms with Crippen molar-refractivity contribution in [2.45, 2.75) is 19.3 Å². The van der Waals surface area contributed by atoms with Crippen LogP contribution in [0.25, 0.3) is 10.9 Å². The second-order valence-electron chi connectivity index (χ2n) is 8.24. The fourth-order valence-corrected chi connectivity index (χ4v) is 3.84. The summed E-state index contributed by atoms with van der Waals surface area (Å²) in [6, 6.07) is 11.9. The van der Waals surface area contributed by atoms with Gasteiger partial charge in [0.15, 0.2) is 23.1 Å². The van der Waals surface area contributed by atoms with E-state index in [1.54, 1.807) is 18.2 Å². The molecule has 0 spiro atoms. The number of carbonyl (C=O) groups excluding carboxylic acids is 2. The van der Waals surface area contributed by atoms with E-state index in [1.807, 2.05) is 0 Å². The first kappa shape index (κ1) is 25.7. The molecule has 0 bridgehead atoms. The molecular formula is C28H22F3NO5. The van der Waals surface area contributed by atoms with Gasteiger partial charge in [-0.05, 0) is 41.5 Å². The summed E-state index contributed by atoms with van der Waals surface area (Å²) < 4.78 is 58.0. The maximum Gasteiger partial charge on any atom is 0.166 e. The zero-order valence-electron chi connectivity index (χ0n) is 20.0. The molecule has 4 rings (SSSR count). The van der Waals surface area contributed by atoms with Gasteiger partial charge in [-0.15, -0.1) is 0 Å². The number of ketones is 2. The summed E-state index contributed by atoms with van der Waals surface area (Å²) in [4.78, 5) is 28.8. The number of halogens is 3. The van der Waals surface area contributed by atoms with Gasteiger partial charge >= 0.3 is 0 Å². The van der Waals surface area contributed by atoms with E-state index in [0.29, 0.717) is 39.8 Å². The molecule has 6 nitrogen and oxygen atoms in total. The highest BCUT2D eigenvalue weighted by Gasteiger charge is 2.16. The molecule has 0 atom stereocenters. The molecule has 4 aromatic rings. The number of ether oxygens (including phenoxy) is 3. The largest absolute Gasteiger partial charge is 0.493 e. The number of benzene rings is 3. The third-order valence-electron chi connectivity index (χ3n) is 5.62. The van der Waals surface area contributed by atoms with Gasteiger partial charge in [-0.25, -0.2) is 13.2 Å². The molecular weight excluding hydrogens is 487 g/mol. The molecule has 0 aliphatic heterocycles. The summed E-state index contributed by atoms with van der Waals surface area (Å²) in [5.41, 5.74) is 0.913. The second kappa shape index (κ2) is 11.1. The molecule has 0 radical (unpaired) electrons. The number of hydrogen-bond donors (Lipinski definition) is 0. The summed E-state index contributed by atoms with van der Waals surface area (Å²) in [5, 5.41) is 0.579. The van der Waals surface area contributed by atoms with Gasteiger partial charge in [0.05, 0.1) is 26.2 Å². The Balaban J connectivity index is 1.44.